The Morgan fingerprint density at radius 2 is 1.71 bits per heavy atom. The largest absolute Gasteiger partial charge is 0.319 e. The summed E-state index contributed by atoms with van der Waals surface area (Å²) in [5, 5.41) is 3.22. The summed E-state index contributed by atoms with van der Waals surface area (Å²) in [4.78, 5) is 10.6. The third kappa shape index (κ3) is 4.29. The molecule has 112 valence electrons. The highest BCUT2D eigenvalue weighted by Gasteiger charge is 2.14. The average Bonchev–Trinajstić information content (AvgIpc) is 2.46. The lowest BCUT2D eigenvalue weighted by Crippen LogP contribution is -2.18. The lowest BCUT2D eigenvalue weighted by atomic mass is 9.98. The van der Waals surface area contributed by atoms with Gasteiger partial charge in [0.15, 0.2) is 0 Å². The third-order valence-corrected chi connectivity index (χ3v) is 4.50. The van der Waals surface area contributed by atoms with Crippen molar-refractivity contribution in [1.29, 1.82) is 0 Å². The van der Waals surface area contributed by atoms with Crippen molar-refractivity contribution in [2.45, 2.75) is 37.3 Å². The van der Waals surface area contributed by atoms with Gasteiger partial charge in [-0.2, -0.15) is 0 Å². The van der Waals surface area contributed by atoms with Crippen molar-refractivity contribution in [3.63, 3.8) is 0 Å². The summed E-state index contributed by atoms with van der Waals surface area (Å²) in [6, 6.07) is 10.4. The minimum atomic E-state index is 0.436. The van der Waals surface area contributed by atoms with Gasteiger partial charge in [-0.25, -0.2) is 9.97 Å². The molecule has 0 aliphatic rings. The third-order valence-electron chi connectivity index (χ3n) is 3.49. The van der Waals surface area contributed by atoms with E-state index in [2.05, 4.69) is 50.4 Å². The van der Waals surface area contributed by atoms with Gasteiger partial charge >= 0.3 is 0 Å². The first-order valence-corrected chi connectivity index (χ1v) is 8.26. The molecule has 3 nitrogen and oxygen atoms in total. The van der Waals surface area contributed by atoms with E-state index in [1.54, 1.807) is 11.8 Å². The maximum absolute atomic E-state index is 4.69. The van der Waals surface area contributed by atoms with Crippen LogP contribution in [0.3, 0.4) is 0 Å². The summed E-state index contributed by atoms with van der Waals surface area (Å²) in [5.41, 5.74) is 3.49. The zero-order valence-corrected chi connectivity index (χ0v) is 14.0. The summed E-state index contributed by atoms with van der Waals surface area (Å²) in [5.74, 6) is 2.16. The van der Waals surface area contributed by atoms with Crippen LogP contribution in [0.25, 0.3) is 0 Å². The van der Waals surface area contributed by atoms with Gasteiger partial charge < -0.3 is 5.32 Å². The van der Waals surface area contributed by atoms with Crippen molar-refractivity contribution >= 4 is 11.8 Å². The fourth-order valence-electron chi connectivity index (χ4n) is 2.65. The second-order valence-electron chi connectivity index (χ2n) is 5.28. The monoisotopic (exact) mass is 301 g/mol. The Balaban J connectivity index is 2.12. The van der Waals surface area contributed by atoms with Crippen molar-refractivity contribution < 1.29 is 0 Å². The van der Waals surface area contributed by atoms with E-state index in [1.807, 2.05) is 13.1 Å². The first-order valence-electron chi connectivity index (χ1n) is 7.28. The molecule has 1 heterocycles. The molecule has 2 aromatic rings. The summed E-state index contributed by atoms with van der Waals surface area (Å²) >= 11 is 1.78. The first-order chi connectivity index (χ1) is 10.1. The van der Waals surface area contributed by atoms with Crippen LogP contribution in [0.4, 0.5) is 0 Å². The number of aryl methyl sites for hydroxylation is 2. The zero-order valence-electron chi connectivity index (χ0n) is 13.2. The molecule has 1 unspecified atom stereocenters. The molecule has 0 aliphatic heterocycles. The Labute approximate surface area is 131 Å². The average molecular weight is 301 g/mol. The van der Waals surface area contributed by atoms with Crippen molar-refractivity contribution in [2.24, 2.45) is 0 Å². The molecule has 1 atom stereocenters. The van der Waals surface area contributed by atoms with Crippen LogP contribution in [0.1, 0.15) is 35.6 Å². The molecule has 0 amide bonds. The number of thioether (sulfide) groups is 1. The SMILES string of the molecule is CNCC(C)c1c(C)nc(CSc2ccccc2)nc1C. The number of nitrogens with one attached hydrogen (secondary N) is 1. The van der Waals surface area contributed by atoms with Crippen molar-refractivity contribution in [2.75, 3.05) is 13.6 Å². The highest BCUT2D eigenvalue weighted by molar-refractivity contribution is 7.98. The van der Waals surface area contributed by atoms with Crippen molar-refractivity contribution in [3.05, 3.63) is 53.1 Å². The van der Waals surface area contributed by atoms with Gasteiger partial charge in [-0.3, -0.25) is 0 Å². The van der Waals surface area contributed by atoms with E-state index in [9.17, 15) is 0 Å². The quantitative estimate of drug-likeness (QED) is 0.825. The summed E-state index contributed by atoms with van der Waals surface area (Å²) in [6.07, 6.45) is 0. The van der Waals surface area contributed by atoms with Gasteiger partial charge in [-0.15, -0.1) is 11.8 Å². The van der Waals surface area contributed by atoms with Gasteiger partial charge in [-0.1, -0.05) is 25.1 Å². The molecule has 0 radical (unpaired) electrons. The van der Waals surface area contributed by atoms with E-state index >= 15 is 0 Å². The molecule has 1 aromatic carbocycles. The Bertz CT molecular complexity index is 561. The fourth-order valence-corrected chi connectivity index (χ4v) is 3.42. The number of hydrogen-bond donors (Lipinski definition) is 1. The lowest BCUT2D eigenvalue weighted by Gasteiger charge is -2.17. The Morgan fingerprint density at radius 3 is 2.29 bits per heavy atom. The Hall–Kier alpha value is -1.39. The summed E-state index contributed by atoms with van der Waals surface area (Å²) in [6.45, 7) is 7.34. The van der Waals surface area contributed by atoms with E-state index in [4.69, 9.17) is 9.97 Å². The predicted octanol–water partition coefficient (Wildman–Crippen LogP) is 3.71. The van der Waals surface area contributed by atoms with Crippen molar-refractivity contribution in [1.82, 2.24) is 15.3 Å². The molecule has 0 saturated heterocycles. The van der Waals surface area contributed by atoms with Crippen LogP contribution in [0.2, 0.25) is 0 Å². The van der Waals surface area contributed by atoms with Crippen LogP contribution in [-0.4, -0.2) is 23.6 Å². The van der Waals surface area contributed by atoms with Crippen LogP contribution >= 0.6 is 11.8 Å². The number of aromatic nitrogens is 2. The molecule has 0 bridgehead atoms. The highest BCUT2D eigenvalue weighted by Crippen LogP contribution is 2.24. The predicted molar refractivity (Wildman–Crippen MR) is 89.9 cm³/mol. The molecular weight excluding hydrogens is 278 g/mol. The molecule has 0 spiro atoms. The second kappa shape index (κ2) is 7.57. The maximum Gasteiger partial charge on any atom is 0.139 e. The topological polar surface area (TPSA) is 37.8 Å². The standard InChI is InChI=1S/C17H23N3S/c1-12(10-18-4)17-13(2)19-16(20-14(17)3)11-21-15-8-6-5-7-9-15/h5-9,12,18H,10-11H2,1-4H3. The Kier molecular flexibility index (Phi) is 5.76. The van der Waals surface area contributed by atoms with Crippen LogP contribution in [0.5, 0.6) is 0 Å². The molecule has 21 heavy (non-hydrogen) atoms. The van der Waals surface area contributed by atoms with Gasteiger partial charge in [0.2, 0.25) is 0 Å². The van der Waals surface area contributed by atoms with E-state index in [0.29, 0.717) is 5.92 Å². The summed E-state index contributed by atoms with van der Waals surface area (Å²) < 4.78 is 0. The van der Waals surface area contributed by atoms with Gasteiger partial charge in [0.05, 0.1) is 5.75 Å². The molecule has 2 rings (SSSR count). The lowest BCUT2D eigenvalue weighted by molar-refractivity contribution is 0.660. The van der Waals surface area contributed by atoms with E-state index in [1.165, 1.54) is 10.5 Å². The normalized spacial score (nSPS) is 12.4. The number of rotatable bonds is 6. The number of nitrogens with zero attached hydrogens (tertiary/aromatic N) is 2. The molecule has 1 N–H and O–H groups in total. The van der Waals surface area contributed by atoms with E-state index in [-0.39, 0.29) is 0 Å². The molecule has 4 heteroatoms. The zero-order chi connectivity index (χ0) is 15.2. The molecule has 0 aliphatic carbocycles. The van der Waals surface area contributed by atoms with E-state index < -0.39 is 0 Å². The minimum Gasteiger partial charge on any atom is -0.319 e. The maximum atomic E-state index is 4.69. The fraction of sp³-hybridized carbons (Fsp3) is 0.412. The van der Waals surface area contributed by atoms with Gasteiger partial charge in [0, 0.05) is 22.8 Å². The Morgan fingerprint density at radius 1 is 1.10 bits per heavy atom. The first kappa shape index (κ1) is 16.0. The molecular formula is C17H23N3S. The van der Waals surface area contributed by atoms with Gasteiger partial charge in [0.25, 0.3) is 0 Å². The molecule has 0 fully saturated rings. The van der Waals surface area contributed by atoms with Gasteiger partial charge in [0.1, 0.15) is 5.82 Å². The van der Waals surface area contributed by atoms with Crippen LogP contribution in [0, 0.1) is 13.8 Å². The number of hydrogen-bond acceptors (Lipinski definition) is 4. The highest BCUT2D eigenvalue weighted by atomic mass is 32.2. The smallest absolute Gasteiger partial charge is 0.139 e. The summed E-state index contributed by atoms with van der Waals surface area (Å²) in [7, 11) is 1.98. The van der Waals surface area contributed by atoms with Gasteiger partial charge in [-0.05, 0) is 44.5 Å². The molecule has 0 saturated carbocycles. The number of benzene rings is 1. The van der Waals surface area contributed by atoms with Crippen molar-refractivity contribution in [3.8, 4) is 0 Å². The molecule has 1 aromatic heterocycles. The minimum absolute atomic E-state index is 0.436. The van der Waals surface area contributed by atoms with Crippen LogP contribution < -0.4 is 5.32 Å². The van der Waals surface area contributed by atoms with Crippen LogP contribution in [0.15, 0.2) is 35.2 Å². The second-order valence-corrected chi connectivity index (χ2v) is 6.33. The number of likely N-dealkylation sites (N-methyl/N-ethyl adjacent to an activating group) is 1. The van der Waals surface area contributed by atoms with Crippen LogP contribution in [-0.2, 0) is 5.75 Å². The van der Waals surface area contributed by atoms with E-state index in [0.717, 1.165) is 29.5 Å².